The number of hydrogen-bond donors (Lipinski definition) is 2. The quantitative estimate of drug-likeness (QED) is 0.598. The van der Waals surface area contributed by atoms with E-state index in [1.165, 1.54) is 25.9 Å². The van der Waals surface area contributed by atoms with Crippen LogP contribution in [0.25, 0.3) is 0 Å². The molecule has 0 bridgehead atoms. The van der Waals surface area contributed by atoms with E-state index in [2.05, 4.69) is 40.6 Å². The maximum Gasteiger partial charge on any atom is 0.110 e. The summed E-state index contributed by atoms with van der Waals surface area (Å²) in [5.74, 6) is 6.93. The second kappa shape index (κ2) is 6.03. The molecule has 1 atom stereocenters. The first-order chi connectivity index (χ1) is 9.09. The molecule has 0 spiro atoms. The summed E-state index contributed by atoms with van der Waals surface area (Å²) in [5.41, 5.74) is 3.07. The van der Waals surface area contributed by atoms with Crippen molar-refractivity contribution in [1.82, 2.24) is 19.9 Å². The molecule has 0 aromatic carbocycles. The van der Waals surface area contributed by atoms with E-state index in [0.717, 1.165) is 18.8 Å². The largest absolute Gasteiger partial charge is 0.335 e. The number of hydrogen-bond acceptors (Lipinski definition) is 4. The van der Waals surface area contributed by atoms with Crippen LogP contribution in [0, 0.1) is 0 Å². The molecule has 0 aliphatic carbocycles. The molecule has 1 aliphatic rings. The average Bonchev–Trinajstić information content (AvgIpc) is 3.06. The van der Waals surface area contributed by atoms with Crippen LogP contribution < -0.4 is 11.3 Å². The highest BCUT2D eigenvalue weighted by Gasteiger charge is 2.36. The van der Waals surface area contributed by atoms with Crippen LogP contribution >= 0.6 is 0 Å². The predicted octanol–water partition coefficient (Wildman–Crippen LogP) is 1.15. The molecular formula is C14H27N5. The van der Waals surface area contributed by atoms with E-state index >= 15 is 0 Å². The molecule has 5 nitrogen and oxygen atoms in total. The van der Waals surface area contributed by atoms with Crippen LogP contribution in [0.3, 0.4) is 0 Å². The number of nitrogens with two attached hydrogens (primary N) is 1. The first-order valence-electron chi connectivity index (χ1n) is 7.30. The Morgan fingerprint density at radius 2 is 2.11 bits per heavy atom. The zero-order valence-corrected chi connectivity index (χ0v) is 12.4. The highest BCUT2D eigenvalue weighted by molar-refractivity contribution is 5.02. The van der Waals surface area contributed by atoms with Gasteiger partial charge in [0.25, 0.3) is 0 Å². The summed E-state index contributed by atoms with van der Waals surface area (Å²) in [7, 11) is 0. The maximum absolute atomic E-state index is 5.82. The van der Waals surface area contributed by atoms with Gasteiger partial charge in [-0.3, -0.25) is 16.2 Å². The summed E-state index contributed by atoms with van der Waals surface area (Å²) in [5, 5.41) is 0. The molecule has 2 heterocycles. The van der Waals surface area contributed by atoms with Crippen molar-refractivity contribution in [1.29, 1.82) is 0 Å². The third kappa shape index (κ3) is 2.99. The van der Waals surface area contributed by atoms with Gasteiger partial charge in [-0.2, -0.15) is 0 Å². The van der Waals surface area contributed by atoms with Crippen LogP contribution in [0.15, 0.2) is 12.4 Å². The Labute approximate surface area is 116 Å². The minimum atomic E-state index is 0.0514. The van der Waals surface area contributed by atoms with Gasteiger partial charge in [-0.15, -0.1) is 0 Å². The summed E-state index contributed by atoms with van der Waals surface area (Å²) in [4.78, 5) is 7.00. The van der Waals surface area contributed by atoms with Crippen molar-refractivity contribution in [2.75, 3.05) is 13.1 Å². The Hall–Kier alpha value is -0.910. The smallest absolute Gasteiger partial charge is 0.110 e. The van der Waals surface area contributed by atoms with Gasteiger partial charge in [0.2, 0.25) is 0 Å². The monoisotopic (exact) mass is 265 g/mol. The molecule has 0 amide bonds. The van der Waals surface area contributed by atoms with Gasteiger partial charge in [0, 0.05) is 36.9 Å². The number of rotatable bonds is 6. The molecule has 0 radical (unpaired) electrons. The van der Waals surface area contributed by atoms with Crippen molar-refractivity contribution in [2.45, 2.75) is 58.2 Å². The van der Waals surface area contributed by atoms with E-state index in [9.17, 15) is 0 Å². The molecule has 1 fully saturated rings. The van der Waals surface area contributed by atoms with Crippen LogP contribution in [0.1, 0.15) is 39.4 Å². The van der Waals surface area contributed by atoms with Gasteiger partial charge in [-0.25, -0.2) is 4.98 Å². The number of nitrogens with one attached hydrogen (secondary N) is 1. The highest BCUT2D eigenvalue weighted by Crippen LogP contribution is 2.25. The fraction of sp³-hybridized carbons (Fsp3) is 0.786. The Morgan fingerprint density at radius 3 is 2.68 bits per heavy atom. The Bertz CT molecular complexity index is 392. The third-order valence-corrected chi connectivity index (χ3v) is 4.50. The van der Waals surface area contributed by atoms with Crippen LogP contribution in [0.5, 0.6) is 0 Å². The number of nitrogens with zero attached hydrogens (tertiary/aromatic N) is 3. The van der Waals surface area contributed by atoms with Crippen LogP contribution in [0.2, 0.25) is 0 Å². The van der Waals surface area contributed by atoms with Gasteiger partial charge in [0.1, 0.15) is 5.82 Å². The molecule has 19 heavy (non-hydrogen) atoms. The number of aromatic nitrogens is 2. The molecule has 1 saturated heterocycles. The molecule has 0 saturated carbocycles. The first kappa shape index (κ1) is 14.5. The number of imidazole rings is 1. The molecule has 2 rings (SSSR count). The Kier molecular flexibility index (Phi) is 4.60. The molecular weight excluding hydrogens is 238 g/mol. The second-order valence-corrected chi connectivity index (χ2v) is 5.90. The van der Waals surface area contributed by atoms with Gasteiger partial charge in [0.05, 0.1) is 0 Å². The van der Waals surface area contributed by atoms with Gasteiger partial charge >= 0.3 is 0 Å². The van der Waals surface area contributed by atoms with Crippen molar-refractivity contribution in [2.24, 2.45) is 5.84 Å². The Balaban J connectivity index is 2.10. The molecule has 3 N–H and O–H groups in total. The lowest BCUT2D eigenvalue weighted by molar-refractivity contribution is 0.105. The maximum atomic E-state index is 5.82. The highest BCUT2D eigenvalue weighted by atomic mass is 15.3. The number of hydrazine groups is 1. The fourth-order valence-electron chi connectivity index (χ4n) is 3.03. The fourth-order valence-corrected chi connectivity index (χ4v) is 3.03. The van der Waals surface area contributed by atoms with Gasteiger partial charge in [-0.1, -0.05) is 0 Å². The minimum Gasteiger partial charge on any atom is -0.335 e. The van der Waals surface area contributed by atoms with Crippen molar-refractivity contribution >= 4 is 0 Å². The minimum absolute atomic E-state index is 0.0514. The summed E-state index contributed by atoms with van der Waals surface area (Å²) in [6.45, 7) is 10.0. The van der Waals surface area contributed by atoms with E-state index in [-0.39, 0.29) is 11.6 Å². The van der Waals surface area contributed by atoms with Crippen LogP contribution in [-0.4, -0.2) is 39.1 Å². The molecule has 1 unspecified atom stereocenters. The lowest BCUT2D eigenvalue weighted by atomic mass is 9.90. The van der Waals surface area contributed by atoms with E-state index in [4.69, 9.17) is 5.84 Å². The summed E-state index contributed by atoms with van der Waals surface area (Å²) in [6.07, 6.45) is 7.36. The van der Waals surface area contributed by atoms with Crippen LogP contribution in [0.4, 0.5) is 0 Å². The molecule has 1 aromatic rings. The third-order valence-electron chi connectivity index (χ3n) is 4.50. The zero-order chi connectivity index (χ0) is 13.9. The molecule has 5 heteroatoms. The van der Waals surface area contributed by atoms with Crippen LogP contribution in [-0.2, 0) is 13.0 Å². The summed E-state index contributed by atoms with van der Waals surface area (Å²) < 4.78 is 2.18. The summed E-state index contributed by atoms with van der Waals surface area (Å²) >= 11 is 0. The molecule has 1 aliphatic heterocycles. The van der Waals surface area contributed by atoms with Crippen molar-refractivity contribution in [3.05, 3.63) is 18.2 Å². The van der Waals surface area contributed by atoms with E-state index in [0.29, 0.717) is 0 Å². The Morgan fingerprint density at radius 1 is 1.42 bits per heavy atom. The van der Waals surface area contributed by atoms with E-state index in [1.807, 2.05) is 12.4 Å². The summed E-state index contributed by atoms with van der Waals surface area (Å²) in [6, 6.07) is 0.207. The lowest BCUT2D eigenvalue weighted by Gasteiger charge is -2.41. The van der Waals surface area contributed by atoms with Crippen molar-refractivity contribution in [3.63, 3.8) is 0 Å². The van der Waals surface area contributed by atoms with Gasteiger partial charge in [-0.05, 0) is 46.7 Å². The van der Waals surface area contributed by atoms with E-state index in [1.54, 1.807) is 0 Å². The number of aryl methyl sites for hydroxylation is 1. The second-order valence-electron chi connectivity index (χ2n) is 5.90. The predicted molar refractivity (Wildman–Crippen MR) is 77.6 cm³/mol. The average molecular weight is 265 g/mol. The lowest BCUT2D eigenvalue weighted by Crippen LogP contribution is -2.59. The van der Waals surface area contributed by atoms with E-state index < -0.39 is 0 Å². The SMILES string of the molecule is CCn1ccnc1CC(NN)C(C)(C)N1CCCC1. The van der Waals surface area contributed by atoms with Gasteiger partial charge < -0.3 is 4.57 Å². The number of likely N-dealkylation sites (tertiary alicyclic amines) is 1. The zero-order valence-electron chi connectivity index (χ0n) is 12.4. The standard InChI is InChI=1S/C14H27N5/c1-4-18-10-7-16-13(18)11-12(17-15)14(2,3)19-8-5-6-9-19/h7,10,12,17H,4-6,8-9,11,15H2,1-3H3. The molecule has 1 aromatic heterocycles. The first-order valence-corrected chi connectivity index (χ1v) is 7.30. The normalized spacial score (nSPS) is 18.9. The van der Waals surface area contributed by atoms with Crippen molar-refractivity contribution < 1.29 is 0 Å². The topological polar surface area (TPSA) is 59.1 Å². The molecule has 108 valence electrons. The van der Waals surface area contributed by atoms with Gasteiger partial charge in [0.15, 0.2) is 0 Å². The van der Waals surface area contributed by atoms with Crippen molar-refractivity contribution in [3.8, 4) is 0 Å².